The van der Waals surface area contributed by atoms with E-state index in [1.807, 2.05) is 0 Å². The quantitative estimate of drug-likeness (QED) is 0.785. The van der Waals surface area contributed by atoms with Crippen molar-refractivity contribution in [1.82, 2.24) is 25.1 Å². The van der Waals surface area contributed by atoms with E-state index in [4.69, 9.17) is 15.2 Å². The second-order valence-electron chi connectivity index (χ2n) is 5.72. The van der Waals surface area contributed by atoms with Crippen molar-refractivity contribution in [2.24, 2.45) is 12.8 Å². The Morgan fingerprint density at radius 1 is 1.33 bits per heavy atom. The van der Waals surface area contributed by atoms with Crippen LogP contribution in [0.15, 0.2) is 12.3 Å². The number of hydrogen-bond acceptors (Lipinski definition) is 7. The number of primary amides is 1. The fourth-order valence-corrected chi connectivity index (χ4v) is 2.25. The number of aromatic nitrogens is 4. The number of nitrogens with two attached hydrogens (primary N) is 1. The standard InChI is InChI=1S/C14H16N6O4/c1-14(2,19-11(22)7-4-5-16-20(7)3)13-17-8(10(15)21)9-12(18-13)24-6-23-9/h4-5H,6H2,1-3H3,(H2,15,21)(H,19,22). The average molecular weight is 332 g/mol. The third kappa shape index (κ3) is 2.62. The Bertz CT molecular complexity index is 829. The molecule has 0 saturated heterocycles. The summed E-state index contributed by atoms with van der Waals surface area (Å²) in [6.45, 7) is 3.32. The average Bonchev–Trinajstić information content (AvgIpc) is 3.13. The summed E-state index contributed by atoms with van der Waals surface area (Å²) in [6.07, 6.45) is 1.52. The van der Waals surface area contributed by atoms with Crippen molar-refractivity contribution in [3.05, 3.63) is 29.5 Å². The van der Waals surface area contributed by atoms with Crippen LogP contribution in [0.5, 0.6) is 11.6 Å². The van der Waals surface area contributed by atoms with E-state index in [0.29, 0.717) is 5.69 Å². The summed E-state index contributed by atoms with van der Waals surface area (Å²) in [4.78, 5) is 32.4. The fraction of sp³-hybridized carbons (Fsp3) is 0.357. The number of amides is 2. The molecule has 3 N–H and O–H groups in total. The molecule has 3 heterocycles. The van der Waals surface area contributed by atoms with Gasteiger partial charge in [0.2, 0.25) is 12.5 Å². The lowest BCUT2D eigenvalue weighted by Crippen LogP contribution is -2.43. The van der Waals surface area contributed by atoms with Crippen LogP contribution < -0.4 is 20.5 Å². The molecular formula is C14H16N6O4. The van der Waals surface area contributed by atoms with E-state index in [-0.39, 0.29) is 35.8 Å². The molecule has 0 fully saturated rings. The smallest absolute Gasteiger partial charge is 0.271 e. The number of nitrogens with zero attached hydrogens (tertiary/aromatic N) is 4. The molecule has 0 aromatic carbocycles. The highest BCUT2D eigenvalue weighted by Crippen LogP contribution is 2.34. The minimum atomic E-state index is -0.994. The Morgan fingerprint density at radius 2 is 2.08 bits per heavy atom. The second-order valence-corrected chi connectivity index (χ2v) is 5.72. The molecule has 0 unspecified atom stereocenters. The van der Waals surface area contributed by atoms with Gasteiger partial charge in [-0.25, -0.2) is 4.98 Å². The summed E-state index contributed by atoms with van der Waals surface area (Å²) in [5, 5.41) is 6.75. The van der Waals surface area contributed by atoms with Crippen molar-refractivity contribution < 1.29 is 19.1 Å². The van der Waals surface area contributed by atoms with E-state index < -0.39 is 11.4 Å². The largest absolute Gasteiger partial charge is 0.449 e. The monoisotopic (exact) mass is 332 g/mol. The highest BCUT2D eigenvalue weighted by atomic mass is 16.7. The summed E-state index contributed by atoms with van der Waals surface area (Å²) in [7, 11) is 1.66. The first-order valence-electron chi connectivity index (χ1n) is 7.08. The lowest BCUT2D eigenvalue weighted by atomic mass is 10.0. The molecule has 126 valence electrons. The SMILES string of the molecule is Cn1nccc1C(=O)NC(C)(C)c1nc2c(c(C(N)=O)n1)OCO2. The first-order valence-corrected chi connectivity index (χ1v) is 7.08. The molecule has 24 heavy (non-hydrogen) atoms. The predicted octanol–water partition coefficient (Wildman–Crippen LogP) is -0.297. The number of carbonyl (C=O) groups is 2. The fourth-order valence-electron chi connectivity index (χ4n) is 2.25. The van der Waals surface area contributed by atoms with E-state index >= 15 is 0 Å². The van der Waals surface area contributed by atoms with Crippen molar-refractivity contribution in [3.63, 3.8) is 0 Å². The number of hydrogen-bond donors (Lipinski definition) is 2. The number of aryl methyl sites for hydroxylation is 1. The predicted molar refractivity (Wildman–Crippen MR) is 80.4 cm³/mol. The van der Waals surface area contributed by atoms with E-state index in [2.05, 4.69) is 20.4 Å². The van der Waals surface area contributed by atoms with E-state index in [1.165, 1.54) is 10.9 Å². The van der Waals surface area contributed by atoms with Crippen LogP contribution in [0.4, 0.5) is 0 Å². The van der Waals surface area contributed by atoms with Crippen LogP contribution in [0.3, 0.4) is 0 Å². The van der Waals surface area contributed by atoms with Crippen molar-refractivity contribution in [1.29, 1.82) is 0 Å². The number of carbonyl (C=O) groups excluding carboxylic acids is 2. The summed E-state index contributed by atoms with van der Waals surface area (Å²) < 4.78 is 11.8. The second kappa shape index (κ2) is 5.48. The summed E-state index contributed by atoms with van der Waals surface area (Å²) in [5.41, 5.74) is 4.63. The van der Waals surface area contributed by atoms with Crippen LogP contribution in [-0.2, 0) is 12.6 Å². The van der Waals surface area contributed by atoms with Gasteiger partial charge in [0, 0.05) is 13.2 Å². The molecule has 0 atom stereocenters. The van der Waals surface area contributed by atoms with Gasteiger partial charge >= 0.3 is 0 Å². The molecule has 0 spiro atoms. The van der Waals surface area contributed by atoms with Gasteiger partial charge in [-0.05, 0) is 19.9 Å². The Balaban J connectivity index is 1.95. The molecule has 3 rings (SSSR count). The summed E-state index contributed by atoms with van der Waals surface area (Å²) in [6, 6.07) is 1.58. The Morgan fingerprint density at radius 3 is 2.71 bits per heavy atom. The molecule has 0 radical (unpaired) electrons. The molecular weight excluding hydrogens is 316 g/mol. The molecule has 2 aromatic heterocycles. The zero-order chi connectivity index (χ0) is 17.5. The van der Waals surface area contributed by atoms with Crippen molar-refractivity contribution in [3.8, 4) is 11.6 Å². The molecule has 2 aromatic rings. The lowest BCUT2D eigenvalue weighted by Gasteiger charge is -2.25. The first kappa shape index (κ1) is 15.7. The maximum absolute atomic E-state index is 12.4. The maximum atomic E-state index is 12.4. The third-order valence-corrected chi connectivity index (χ3v) is 3.51. The van der Waals surface area contributed by atoms with Crippen molar-refractivity contribution >= 4 is 11.8 Å². The van der Waals surface area contributed by atoms with Gasteiger partial charge in [0.15, 0.2) is 11.5 Å². The van der Waals surface area contributed by atoms with Gasteiger partial charge in [0.25, 0.3) is 17.7 Å². The Kier molecular flexibility index (Phi) is 3.59. The molecule has 10 nitrogen and oxygen atoms in total. The third-order valence-electron chi connectivity index (χ3n) is 3.51. The van der Waals surface area contributed by atoms with Crippen LogP contribution in [0, 0.1) is 0 Å². The number of rotatable bonds is 4. The number of fused-ring (bicyclic) bond motifs is 1. The van der Waals surface area contributed by atoms with Gasteiger partial charge in [-0.1, -0.05) is 0 Å². The molecule has 2 amide bonds. The lowest BCUT2D eigenvalue weighted by molar-refractivity contribution is 0.0898. The van der Waals surface area contributed by atoms with E-state index in [1.54, 1.807) is 27.0 Å². The molecule has 0 aliphatic carbocycles. The molecule has 1 aliphatic rings. The minimum absolute atomic E-state index is 0.0739. The van der Waals surface area contributed by atoms with Crippen LogP contribution in [0.2, 0.25) is 0 Å². The summed E-state index contributed by atoms with van der Waals surface area (Å²) >= 11 is 0. The zero-order valence-corrected chi connectivity index (χ0v) is 13.4. The molecule has 10 heteroatoms. The van der Waals surface area contributed by atoms with Crippen LogP contribution >= 0.6 is 0 Å². The highest BCUT2D eigenvalue weighted by molar-refractivity contribution is 5.94. The number of ether oxygens (including phenoxy) is 2. The van der Waals surface area contributed by atoms with Gasteiger partial charge in [0.1, 0.15) is 5.69 Å². The van der Waals surface area contributed by atoms with Gasteiger partial charge in [0.05, 0.1) is 5.54 Å². The van der Waals surface area contributed by atoms with Gasteiger partial charge in [-0.2, -0.15) is 10.1 Å². The minimum Gasteiger partial charge on any atom is -0.449 e. The Hall–Kier alpha value is -3.17. The van der Waals surface area contributed by atoms with Crippen molar-refractivity contribution in [2.75, 3.05) is 6.79 Å². The first-order chi connectivity index (χ1) is 11.3. The summed E-state index contributed by atoms with van der Waals surface area (Å²) in [5.74, 6) is -0.719. The zero-order valence-electron chi connectivity index (χ0n) is 13.4. The van der Waals surface area contributed by atoms with Gasteiger partial charge < -0.3 is 20.5 Å². The van der Waals surface area contributed by atoms with Gasteiger partial charge in [-0.15, -0.1) is 0 Å². The van der Waals surface area contributed by atoms with Crippen LogP contribution in [-0.4, -0.2) is 38.4 Å². The van der Waals surface area contributed by atoms with Crippen LogP contribution in [0.1, 0.15) is 40.6 Å². The number of nitrogens with one attached hydrogen (secondary N) is 1. The topological polar surface area (TPSA) is 134 Å². The Labute approximate surface area is 137 Å². The van der Waals surface area contributed by atoms with Crippen molar-refractivity contribution in [2.45, 2.75) is 19.4 Å². The molecule has 0 bridgehead atoms. The maximum Gasteiger partial charge on any atom is 0.271 e. The van der Waals surface area contributed by atoms with Crippen LogP contribution in [0.25, 0.3) is 0 Å². The van der Waals surface area contributed by atoms with E-state index in [0.717, 1.165) is 0 Å². The molecule has 1 aliphatic heterocycles. The highest BCUT2D eigenvalue weighted by Gasteiger charge is 2.33. The van der Waals surface area contributed by atoms with Gasteiger partial charge in [-0.3, -0.25) is 14.3 Å². The van der Waals surface area contributed by atoms with E-state index in [9.17, 15) is 9.59 Å². The molecule has 0 saturated carbocycles. The normalized spacial score (nSPS) is 13.0.